The molecule has 2 aromatic heterocycles. The van der Waals surface area contributed by atoms with Gasteiger partial charge in [-0.1, -0.05) is 41.9 Å². The first-order valence-corrected chi connectivity index (χ1v) is 15.1. The number of imidazole rings is 1. The third kappa shape index (κ3) is 4.99. The van der Waals surface area contributed by atoms with Crippen LogP contribution in [0, 0.1) is 12.8 Å². The number of aromatic amines is 1. The summed E-state index contributed by atoms with van der Waals surface area (Å²) in [6, 6.07) is 19.0. The number of fused-ring (bicyclic) bond motifs is 4. The number of carbonyl (C=O) groups excluding carboxylic acids is 2. The van der Waals surface area contributed by atoms with Crippen LogP contribution >= 0.6 is 11.6 Å². The zero-order chi connectivity index (χ0) is 29.7. The predicted octanol–water partition coefficient (Wildman–Crippen LogP) is 6.36. The maximum atomic E-state index is 13.7. The van der Waals surface area contributed by atoms with Crippen LogP contribution in [0.2, 0.25) is 5.02 Å². The van der Waals surface area contributed by atoms with Crippen molar-refractivity contribution in [2.75, 3.05) is 11.4 Å². The van der Waals surface area contributed by atoms with Crippen molar-refractivity contribution in [2.24, 2.45) is 5.92 Å². The van der Waals surface area contributed by atoms with Gasteiger partial charge in [-0.15, -0.1) is 0 Å². The number of nitrogens with one attached hydrogen (secondary N) is 1. The summed E-state index contributed by atoms with van der Waals surface area (Å²) in [5, 5.41) is 0.657. The van der Waals surface area contributed by atoms with E-state index in [-0.39, 0.29) is 35.9 Å². The maximum absolute atomic E-state index is 13.7. The van der Waals surface area contributed by atoms with Crippen molar-refractivity contribution < 1.29 is 14.3 Å². The SMILES string of the molecule is Cc1cc2c(cc1C(=O)N1CCc3cc(Cl)ccc31)[nH]c(=O)c1cnc(C3CCC(C(=O)OCc4ccccc4)CC3)n12. The number of hydrogen-bond donors (Lipinski definition) is 1. The molecule has 218 valence electrons. The van der Waals surface area contributed by atoms with Crippen molar-refractivity contribution in [1.82, 2.24) is 14.4 Å². The highest BCUT2D eigenvalue weighted by molar-refractivity contribution is 6.30. The summed E-state index contributed by atoms with van der Waals surface area (Å²) >= 11 is 6.17. The van der Waals surface area contributed by atoms with E-state index in [4.69, 9.17) is 21.3 Å². The minimum Gasteiger partial charge on any atom is -0.461 e. The molecule has 3 aromatic carbocycles. The number of halogens is 1. The second kappa shape index (κ2) is 11.0. The first-order valence-electron chi connectivity index (χ1n) is 14.7. The zero-order valence-electron chi connectivity index (χ0n) is 23.8. The van der Waals surface area contributed by atoms with Crippen LogP contribution < -0.4 is 10.5 Å². The molecule has 1 saturated carbocycles. The van der Waals surface area contributed by atoms with Crippen molar-refractivity contribution in [2.45, 2.75) is 51.6 Å². The van der Waals surface area contributed by atoms with Gasteiger partial charge >= 0.3 is 5.97 Å². The lowest BCUT2D eigenvalue weighted by Crippen LogP contribution is -2.29. The topological polar surface area (TPSA) is 96.8 Å². The Bertz CT molecular complexity index is 1940. The Morgan fingerprint density at radius 2 is 1.81 bits per heavy atom. The molecular formula is C34H31ClN4O4. The molecule has 1 N–H and O–H groups in total. The van der Waals surface area contributed by atoms with Crippen LogP contribution in [0.1, 0.15) is 64.5 Å². The van der Waals surface area contributed by atoms with Gasteiger partial charge in [-0.05, 0) is 86.1 Å². The number of carbonyl (C=O) groups is 2. The number of nitrogens with zero attached hydrogens (tertiary/aromatic N) is 3. The number of rotatable bonds is 5. The fraction of sp³-hybridized carbons (Fsp3) is 0.294. The van der Waals surface area contributed by atoms with Crippen LogP contribution in [-0.4, -0.2) is 32.8 Å². The molecule has 0 bridgehead atoms. The first-order chi connectivity index (χ1) is 20.9. The summed E-state index contributed by atoms with van der Waals surface area (Å²) in [5.74, 6) is 0.499. The molecular weight excluding hydrogens is 564 g/mol. The Morgan fingerprint density at radius 3 is 2.60 bits per heavy atom. The molecule has 8 nitrogen and oxygen atoms in total. The average molecular weight is 595 g/mol. The van der Waals surface area contributed by atoms with E-state index in [1.165, 1.54) is 0 Å². The fourth-order valence-corrected chi connectivity index (χ4v) is 6.82. The number of aryl methyl sites for hydroxylation is 1. The molecule has 0 spiro atoms. The quantitative estimate of drug-likeness (QED) is 0.239. The molecule has 3 heterocycles. The molecule has 7 rings (SSSR count). The summed E-state index contributed by atoms with van der Waals surface area (Å²) in [6.45, 7) is 2.78. The molecule has 1 aliphatic carbocycles. The lowest BCUT2D eigenvalue weighted by molar-refractivity contribution is -0.151. The van der Waals surface area contributed by atoms with E-state index in [0.717, 1.165) is 53.0 Å². The highest BCUT2D eigenvalue weighted by Crippen LogP contribution is 2.37. The lowest BCUT2D eigenvalue weighted by atomic mass is 9.81. The average Bonchev–Trinajstić information content (AvgIpc) is 3.66. The van der Waals surface area contributed by atoms with Crippen LogP contribution in [0.25, 0.3) is 16.6 Å². The van der Waals surface area contributed by atoms with Gasteiger partial charge in [-0.2, -0.15) is 0 Å². The summed E-state index contributed by atoms with van der Waals surface area (Å²) in [4.78, 5) is 49.1. The van der Waals surface area contributed by atoms with Crippen molar-refractivity contribution in [3.8, 4) is 0 Å². The molecule has 0 unspecified atom stereocenters. The number of benzene rings is 3. The molecule has 1 aliphatic heterocycles. The summed E-state index contributed by atoms with van der Waals surface area (Å²) in [5.41, 5.74) is 5.85. The maximum Gasteiger partial charge on any atom is 0.309 e. The number of anilines is 1. The number of esters is 1. The van der Waals surface area contributed by atoms with Gasteiger partial charge in [-0.3, -0.25) is 18.8 Å². The van der Waals surface area contributed by atoms with Gasteiger partial charge in [0.25, 0.3) is 11.5 Å². The van der Waals surface area contributed by atoms with E-state index in [1.807, 2.05) is 59.9 Å². The fourth-order valence-electron chi connectivity index (χ4n) is 6.62. The Morgan fingerprint density at radius 1 is 1.02 bits per heavy atom. The van der Waals surface area contributed by atoms with Gasteiger partial charge in [0.1, 0.15) is 17.9 Å². The minimum absolute atomic E-state index is 0.0974. The third-order valence-electron chi connectivity index (χ3n) is 8.92. The normalized spacial score (nSPS) is 18.2. The summed E-state index contributed by atoms with van der Waals surface area (Å²) < 4.78 is 7.53. The first kappa shape index (κ1) is 27.4. The molecule has 1 fully saturated rings. The minimum atomic E-state index is -0.257. The van der Waals surface area contributed by atoms with Gasteiger partial charge < -0.3 is 14.6 Å². The number of H-pyrrole nitrogens is 1. The Kier molecular flexibility index (Phi) is 7.01. The second-order valence-corrected chi connectivity index (χ2v) is 12.0. The van der Waals surface area contributed by atoms with E-state index in [0.29, 0.717) is 41.0 Å². The number of hydrogen-bond acceptors (Lipinski definition) is 5. The van der Waals surface area contributed by atoms with Crippen LogP contribution in [0.4, 0.5) is 5.69 Å². The van der Waals surface area contributed by atoms with Gasteiger partial charge in [0, 0.05) is 28.7 Å². The van der Waals surface area contributed by atoms with Crippen molar-refractivity contribution in [1.29, 1.82) is 0 Å². The van der Waals surface area contributed by atoms with Gasteiger partial charge in [-0.25, -0.2) is 4.98 Å². The van der Waals surface area contributed by atoms with Crippen molar-refractivity contribution >= 4 is 45.7 Å². The largest absolute Gasteiger partial charge is 0.461 e. The highest BCUT2D eigenvalue weighted by Gasteiger charge is 2.31. The predicted molar refractivity (Wildman–Crippen MR) is 166 cm³/mol. The van der Waals surface area contributed by atoms with Crippen LogP contribution in [0.5, 0.6) is 0 Å². The van der Waals surface area contributed by atoms with Gasteiger partial charge in [0.2, 0.25) is 0 Å². The molecule has 0 radical (unpaired) electrons. The number of ether oxygens (including phenoxy) is 1. The van der Waals surface area contributed by atoms with Crippen LogP contribution in [-0.2, 0) is 22.6 Å². The molecule has 43 heavy (non-hydrogen) atoms. The van der Waals surface area contributed by atoms with Crippen molar-refractivity contribution in [3.05, 3.63) is 110 Å². The van der Waals surface area contributed by atoms with E-state index < -0.39 is 0 Å². The monoisotopic (exact) mass is 594 g/mol. The molecule has 2 aliphatic rings. The summed E-state index contributed by atoms with van der Waals surface area (Å²) in [7, 11) is 0. The van der Waals surface area contributed by atoms with Crippen LogP contribution in [0.3, 0.4) is 0 Å². The van der Waals surface area contributed by atoms with Gasteiger partial charge in [0.05, 0.1) is 23.1 Å². The van der Waals surface area contributed by atoms with Gasteiger partial charge in [0.15, 0.2) is 0 Å². The van der Waals surface area contributed by atoms with E-state index in [2.05, 4.69) is 4.98 Å². The molecule has 0 atom stereocenters. The third-order valence-corrected chi connectivity index (χ3v) is 9.15. The van der Waals surface area contributed by atoms with E-state index in [1.54, 1.807) is 23.2 Å². The lowest BCUT2D eigenvalue weighted by Gasteiger charge is -2.27. The molecule has 0 saturated heterocycles. The van der Waals surface area contributed by atoms with E-state index >= 15 is 0 Å². The molecule has 9 heteroatoms. The standard InChI is InChI=1S/C34H31ClN4O4/c1-20-15-29-27(17-26(20)33(41)38-14-13-24-16-25(35)11-12-28(24)38)37-32(40)30-18-36-31(39(29)30)22-7-9-23(10-8-22)34(42)43-19-21-5-3-2-4-6-21/h2-6,11-12,15-18,22-23H,7-10,13-14,19H2,1H3,(H,37,40). The molecule has 1 amide bonds. The Labute approximate surface area is 253 Å². The van der Waals surface area contributed by atoms with Crippen molar-refractivity contribution in [3.63, 3.8) is 0 Å². The number of aromatic nitrogens is 3. The highest BCUT2D eigenvalue weighted by atomic mass is 35.5. The van der Waals surface area contributed by atoms with Crippen LogP contribution in [0.15, 0.2) is 71.7 Å². The zero-order valence-corrected chi connectivity index (χ0v) is 24.6. The van der Waals surface area contributed by atoms with E-state index in [9.17, 15) is 14.4 Å². The Balaban J connectivity index is 1.14. The Hall–Kier alpha value is -4.43. The number of amides is 1. The summed E-state index contributed by atoms with van der Waals surface area (Å²) in [6.07, 6.45) is 5.31. The smallest absolute Gasteiger partial charge is 0.309 e. The molecule has 5 aromatic rings. The second-order valence-electron chi connectivity index (χ2n) is 11.6.